The van der Waals surface area contributed by atoms with Gasteiger partial charge in [-0.05, 0) is 35.7 Å². The first-order valence-electron chi connectivity index (χ1n) is 8.56. The number of hydrogen-bond acceptors (Lipinski definition) is 3. The number of carbonyl (C=O) groups excluding carboxylic acids is 1. The summed E-state index contributed by atoms with van der Waals surface area (Å²) in [7, 11) is 0. The smallest absolute Gasteiger partial charge is 0.291 e. The molecule has 0 radical (unpaired) electrons. The van der Waals surface area contributed by atoms with Crippen LogP contribution in [0.5, 0.6) is 5.75 Å². The Morgan fingerprint density at radius 3 is 2.68 bits per heavy atom. The van der Waals surface area contributed by atoms with Gasteiger partial charge in [0.1, 0.15) is 29.8 Å². The molecular formula is C22H15F2NO3. The van der Waals surface area contributed by atoms with Crippen molar-refractivity contribution < 1.29 is 22.7 Å². The molecule has 0 atom stereocenters. The van der Waals surface area contributed by atoms with E-state index in [2.05, 4.69) is 5.32 Å². The predicted octanol–water partition coefficient (Wildman–Crippen LogP) is 5.54. The minimum Gasteiger partial charge on any atom is -0.485 e. The summed E-state index contributed by atoms with van der Waals surface area (Å²) in [5, 5.41) is 4.31. The van der Waals surface area contributed by atoms with E-state index in [1.807, 2.05) is 42.5 Å². The largest absolute Gasteiger partial charge is 0.485 e. The van der Waals surface area contributed by atoms with Crippen LogP contribution in [0.2, 0.25) is 0 Å². The van der Waals surface area contributed by atoms with Gasteiger partial charge in [-0.1, -0.05) is 36.4 Å². The number of anilines is 1. The summed E-state index contributed by atoms with van der Waals surface area (Å²) in [6.45, 7) is 0.121. The summed E-state index contributed by atoms with van der Waals surface area (Å²) in [5.41, 5.74) is -0.255. The summed E-state index contributed by atoms with van der Waals surface area (Å²) in [4.78, 5) is 12.2. The summed E-state index contributed by atoms with van der Waals surface area (Å²) >= 11 is 0. The molecule has 4 aromatic rings. The van der Waals surface area contributed by atoms with Gasteiger partial charge in [0.15, 0.2) is 5.76 Å². The molecule has 0 spiro atoms. The summed E-state index contributed by atoms with van der Waals surface area (Å²) in [6, 6.07) is 19.4. The van der Waals surface area contributed by atoms with Gasteiger partial charge in [-0.25, -0.2) is 8.78 Å². The average Bonchev–Trinajstić information content (AvgIpc) is 3.18. The van der Waals surface area contributed by atoms with E-state index in [9.17, 15) is 13.6 Å². The van der Waals surface area contributed by atoms with Crippen molar-refractivity contribution in [2.75, 3.05) is 5.32 Å². The zero-order valence-electron chi connectivity index (χ0n) is 14.6. The second kappa shape index (κ2) is 7.52. The molecule has 0 aliphatic rings. The number of hydrogen-bond donors (Lipinski definition) is 1. The third-order valence-corrected chi connectivity index (χ3v) is 4.18. The molecule has 28 heavy (non-hydrogen) atoms. The standard InChI is InChI=1S/C22H15F2NO3/c23-15-8-10-18(24)19(12-15)25-22(26)21-11-9-16(28-21)13-27-20-7-3-5-14-4-1-2-6-17(14)20/h1-12H,13H2,(H,25,26). The van der Waals surface area contributed by atoms with Gasteiger partial charge in [-0.15, -0.1) is 0 Å². The third kappa shape index (κ3) is 3.71. The van der Waals surface area contributed by atoms with Crippen molar-refractivity contribution in [3.8, 4) is 5.75 Å². The van der Waals surface area contributed by atoms with E-state index >= 15 is 0 Å². The molecule has 140 valence electrons. The molecule has 4 rings (SSSR count). The Balaban J connectivity index is 1.45. The normalized spacial score (nSPS) is 10.8. The maximum Gasteiger partial charge on any atom is 0.291 e. The lowest BCUT2D eigenvalue weighted by Crippen LogP contribution is -2.12. The Bertz CT molecular complexity index is 1150. The molecule has 0 aliphatic carbocycles. The molecule has 0 bridgehead atoms. The Hall–Kier alpha value is -3.67. The van der Waals surface area contributed by atoms with Crippen molar-refractivity contribution in [1.29, 1.82) is 0 Å². The Kier molecular flexibility index (Phi) is 4.76. The van der Waals surface area contributed by atoms with E-state index in [4.69, 9.17) is 9.15 Å². The first-order valence-corrected chi connectivity index (χ1v) is 8.56. The number of fused-ring (bicyclic) bond motifs is 1. The Labute approximate surface area is 159 Å². The summed E-state index contributed by atoms with van der Waals surface area (Å²) < 4.78 is 38.2. The minimum atomic E-state index is -0.735. The van der Waals surface area contributed by atoms with E-state index in [1.54, 1.807) is 6.07 Å². The molecule has 1 amide bonds. The van der Waals surface area contributed by atoms with Crippen molar-refractivity contribution in [3.63, 3.8) is 0 Å². The molecule has 6 heteroatoms. The lowest BCUT2D eigenvalue weighted by molar-refractivity contribution is 0.0992. The molecule has 0 saturated heterocycles. The minimum absolute atomic E-state index is 0.0276. The first kappa shape index (κ1) is 17.7. The first-order chi connectivity index (χ1) is 13.6. The predicted molar refractivity (Wildman–Crippen MR) is 101 cm³/mol. The van der Waals surface area contributed by atoms with Gasteiger partial charge in [-0.2, -0.15) is 0 Å². The molecule has 1 heterocycles. The highest BCUT2D eigenvalue weighted by atomic mass is 19.1. The lowest BCUT2D eigenvalue weighted by atomic mass is 10.1. The number of rotatable bonds is 5. The van der Waals surface area contributed by atoms with E-state index in [1.165, 1.54) is 6.07 Å². The van der Waals surface area contributed by atoms with Crippen LogP contribution in [-0.4, -0.2) is 5.91 Å². The highest BCUT2D eigenvalue weighted by molar-refractivity contribution is 6.02. The maximum absolute atomic E-state index is 13.7. The molecular weight excluding hydrogens is 364 g/mol. The fourth-order valence-corrected chi connectivity index (χ4v) is 2.83. The van der Waals surface area contributed by atoms with E-state index in [0.29, 0.717) is 11.5 Å². The van der Waals surface area contributed by atoms with Crippen LogP contribution in [0.1, 0.15) is 16.3 Å². The Morgan fingerprint density at radius 2 is 1.79 bits per heavy atom. The van der Waals surface area contributed by atoms with Gasteiger partial charge in [-0.3, -0.25) is 4.79 Å². The second-order valence-electron chi connectivity index (χ2n) is 6.11. The van der Waals surface area contributed by atoms with E-state index in [-0.39, 0.29) is 18.1 Å². The number of ether oxygens (including phenoxy) is 1. The number of carbonyl (C=O) groups is 1. The molecule has 4 nitrogen and oxygen atoms in total. The van der Waals surface area contributed by atoms with Gasteiger partial charge < -0.3 is 14.5 Å². The van der Waals surface area contributed by atoms with Crippen LogP contribution < -0.4 is 10.1 Å². The number of furan rings is 1. The van der Waals surface area contributed by atoms with Crippen molar-refractivity contribution in [2.24, 2.45) is 0 Å². The van der Waals surface area contributed by atoms with Crippen LogP contribution in [0.3, 0.4) is 0 Å². The van der Waals surface area contributed by atoms with E-state index in [0.717, 1.165) is 29.0 Å². The maximum atomic E-state index is 13.7. The van der Waals surface area contributed by atoms with Crippen molar-refractivity contribution in [3.05, 3.63) is 96.0 Å². The zero-order chi connectivity index (χ0) is 19.5. The van der Waals surface area contributed by atoms with Crippen LogP contribution >= 0.6 is 0 Å². The van der Waals surface area contributed by atoms with Gasteiger partial charge in [0.2, 0.25) is 0 Å². The molecule has 3 aromatic carbocycles. The van der Waals surface area contributed by atoms with Gasteiger partial charge >= 0.3 is 0 Å². The van der Waals surface area contributed by atoms with Crippen LogP contribution in [0, 0.1) is 11.6 Å². The number of nitrogens with one attached hydrogen (secondary N) is 1. The number of amides is 1. The monoisotopic (exact) mass is 379 g/mol. The summed E-state index contributed by atoms with van der Waals surface area (Å²) in [5.74, 6) is -0.970. The van der Waals surface area contributed by atoms with Crippen LogP contribution in [0.4, 0.5) is 14.5 Å². The highest BCUT2D eigenvalue weighted by Gasteiger charge is 2.14. The van der Waals surface area contributed by atoms with Crippen LogP contribution in [0.15, 0.2) is 77.2 Å². The van der Waals surface area contributed by atoms with Gasteiger partial charge in [0.05, 0.1) is 5.69 Å². The number of halogens is 2. The third-order valence-electron chi connectivity index (χ3n) is 4.18. The molecule has 1 N–H and O–H groups in total. The topological polar surface area (TPSA) is 51.5 Å². The SMILES string of the molecule is O=C(Nc1cc(F)ccc1F)c1ccc(COc2cccc3ccccc23)o1. The number of benzene rings is 3. The quantitative estimate of drug-likeness (QED) is 0.495. The fourth-order valence-electron chi connectivity index (χ4n) is 2.83. The molecule has 0 unspecified atom stereocenters. The van der Waals surface area contributed by atoms with Crippen molar-refractivity contribution in [1.82, 2.24) is 0 Å². The summed E-state index contributed by atoms with van der Waals surface area (Å²) in [6.07, 6.45) is 0. The van der Waals surface area contributed by atoms with Crippen molar-refractivity contribution >= 4 is 22.4 Å². The molecule has 0 saturated carbocycles. The average molecular weight is 379 g/mol. The lowest BCUT2D eigenvalue weighted by Gasteiger charge is -2.08. The van der Waals surface area contributed by atoms with E-state index < -0.39 is 17.5 Å². The van der Waals surface area contributed by atoms with Crippen LogP contribution in [0.25, 0.3) is 10.8 Å². The Morgan fingerprint density at radius 1 is 0.964 bits per heavy atom. The van der Waals surface area contributed by atoms with Gasteiger partial charge in [0, 0.05) is 11.5 Å². The van der Waals surface area contributed by atoms with Gasteiger partial charge in [0.25, 0.3) is 5.91 Å². The second-order valence-corrected chi connectivity index (χ2v) is 6.11. The highest BCUT2D eigenvalue weighted by Crippen LogP contribution is 2.26. The zero-order valence-corrected chi connectivity index (χ0v) is 14.6. The fraction of sp³-hybridized carbons (Fsp3) is 0.0455. The molecule has 0 aliphatic heterocycles. The van der Waals surface area contributed by atoms with Crippen molar-refractivity contribution in [2.45, 2.75) is 6.61 Å². The molecule has 1 aromatic heterocycles. The van der Waals surface area contributed by atoms with Crippen LogP contribution in [-0.2, 0) is 6.61 Å². The molecule has 0 fully saturated rings.